The Kier molecular flexibility index (Phi) is 7.85. The molecule has 9 nitrogen and oxygen atoms in total. The Hall–Kier alpha value is -1.69. The van der Waals surface area contributed by atoms with E-state index in [1.807, 2.05) is 0 Å². The number of carbonyl (C=O) groups is 1. The molecule has 1 amide bonds. The number of hydrogen-bond donors (Lipinski definition) is 1. The molecule has 2 heterocycles. The van der Waals surface area contributed by atoms with Crippen molar-refractivity contribution in [2.45, 2.75) is 50.5 Å². The molecule has 0 aromatic heterocycles. The Balaban J connectivity index is 1.92. The summed E-state index contributed by atoms with van der Waals surface area (Å²) in [6.45, 7) is 6.55. The number of hydrogen-bond acceptors (Lipinski definition) is 6. The third kappa shape index (κ3) is 5.44. The van der Waals surface area contributed by atoms with Gasteiger partial charge in [-0.3, -0.25) is 4.79 Å². The minimum absolute atomic E-state index is 0.0932. The van der Waals surface area contributed by atoms with Crippen molar-refractivity contribution in [1.82, 2.24) is 13.9 Å². The number of rotatable bonds is 8. The van der Waals surface area contributed by atoms with Crippen molar-refractivity contribution in [3.8, 4) is 0 Å². The first kappa shape index (κ1) is 24.9. The summed E-state index contributed by atoms with van der Waals surface area (Å²) in [5.41, 5.74) is 1.03. The molecule has 11 heteroatoms. The Morgan fingerprint density at radius 3 is 2.31 bits per heavy atom. The fraction of sp³-hybridized carbons (Fsp3) is 0.667. The van der Waals surface area contributed by atoms with Crippen LogP contribution in [0, 0.1) is 0 Å². The number of piperidine rings is 1. The average molecular weight is 487 g/mol. The van der Waals surface area contributed by atoms with E-state index >= 15 is 0 Å². The van der Waals surface area contributed by atoms with E-state index in [0.29, 0.717) is 43.7 Å². The fourth-order valence-electron chi connectivity index (χ4n) is 4.43. The Morgan fingerprint density at radius 2 is 1.72 bits per heavy atom. The molecule has 0 aliphatic carbocycles. The minimum atomic E-state index is -3.71. The molecule has 1 atom stereocenters. The van der Waals surface area contributed by atoms with E-state index in [2.05, 4.69) is 10.2 Å². The highest BCUT2D eigenvalue weighted by molar-refractivity contribution is 7.89. The standard InChI is InChI=1S/C21H34N4O5S2/c1-4-24(5-2)32(29,30)18-10-11-20(23-12-6-7-13-23)19(15-18)21(26)22-17-9-8-14-25(16-17)31(3,27)28/h10-11,15,17H,4-9,12-14,16H2,1-3H3,(H,22,26). The lowest BCUT2D eigenvalue weighted by atomic mass is 10.1. The lowest BCUT2D eigenvalue weighted by molar-refractivity contribution is 0.0921. The van der Waals surface area contributed by atoms with Crippen LogP contribution in [0.3, 0.4) is 0 Å². The maximum absolute atomic E-state index is 13.3. The van der Waals surface area contributed by atoms with Crippen LogP contribution in [0.1, 0.15) is 49.9 Å². The molecule has 1 aromatic carbocycles. The summed E-state index contributed by atoms with van der Waals surface area (Å²) in [6.07, 6.45) is 4.55. The van der Waals surface area contributed by atoms with Crippen molar-refractivity contribution >= 4 is 31.6 Å². The molecule has 1 N–H and O–H groups in total. The topological polar surface area (TPSA) is 107 Å². The van der Waals surface area contributed by atoms with E-state index in [-0.39, 0.29) is 23.4 Å². The molecule has 3 rings (SSSR count). The number of sulfonamides is 2. The van der Waals surface area contributed by atoms with E-state index in [1.165, 1.54) is 20.9 Å². The van der Waals surface area contributed by atoms with Gasteiger partial charge in [-0.05, 0) is 43.9 Å². The van der Waals surface area contributed by atoms with Gasteiger partial charge in [0.1, 0.15) is 0 Å². The lowest BCUT2D eigenvalue weighted by Crippen LogP contribution is -2.49. The number of benzene rings is 1. The van der Waals surface area contributed by atoms with Gasteiger partial charge < -0.3 is 10.2 Å². The van der Waals surface area contributed by atoms with Crippen LogP contribution >= 0.6 is 0 Å². The summed E-state index contributed by atoms with van der Waals surface area (Å²) in [4.78, 5) is 15.5. The zero-order chi connectivity index (χ0) is 23.5. The highest BCUT2D eigenvalue weighted by Gasteiger charge is 2.30. The number of carbonyl (C=O) groups excluding carboxylic acids is 1. The van der Waals surface area contributed by atoms with Gasteiger partial charge in [0.2, 0.25) is 20.0 Å². The van der Waals surface area contributed by atoms with Crippen molar-refractivity contribution in [2.24, 2.45) is 0 Å². The predicted molar refractivity (Wildman–Crippen MR) is 125 cm³/mol. The molecule has 2 aliphatic rings. The molecule has 0 spiro atoms. The molecule has 0 saturated carbocycles. The van der Waals surface area contributed by atoms with Gasteiger partial charge in [0.25, 0.3) is 5.91 Å². The van der Waals surface area contributed by atoms with Crippen LogP contribution in [0.5, 0.6) is 0 Å². The predicted octanol–water partition coefficient (Wildman–Crippen LogP) is 1.47. The highest BCUT2D eigenvalue weighted by atomic mass is 32.2. The van der Waals surface area contributed by atoms with E-state index in [4.69, 9.17) is 0 Å². The van der Waals surface area contributed by atoms with E-state index in [0.717, 1.165) is 25.9 Å². The summed E-state index contributed by atoms with van der Waals surface area (Å²) in [6, 6.07) is 4.44. The number of amides is 1. The summed E-state index contributed by atoms with van der Waals surface area (Å²) in [5.74, 6) is -0.371. The maximum atomic E-state index is 13.3. The first-order valence-corrected chi connectivity index (χ1v) is 14.5. The van der Waals surface area contributed by atoms with Gasteiger partial charge in [-0.15, -0.1) is 0 Å². The summed E-state index contributed by atoms with van der Waals surface area (Å²) in [7, 11) is -7.04. The van der Waals surface area contributed by atoms with Crippen molar-refractivity contribution in [2.75, 3.05) is 50.4 Å². The van der Waals surface area contributed by atoms with E-state index in [1.54, 1.807) is 26.0 Å². The summed E-state index contributed by atoms with van der Waals surface area (Å²) < 4.78 is 52.7. The first-order chi connectivity index (χ1) is 15.1. The molecule has 2 aliphatic heterocycles. The number of nitrogens with one attached hydrogen (secondary N) is 1. The fourth-order valence-corrected chi connectivity index (χ4v) is 6.82. The third-order valence-electron chi connectivity index (χ3n) is 6.19. The van der Waals surface area contributed by atoms with E-state index < -0.39 is 20.0 Å². The quantitative estimate of drug-likeness (QED) is 0.596. The molecule has 2 saturated heterocycles. The lowest BCUT2D eigenvalue weighted by Gasteiger charge is -2.32. The molecule has 32 heavy (non-hydrogen) atoms. The van der Waals surface area contributed by atoms with Crippen molar-refractivity contribution in [1.29, 1.82) is 0 Å². The molecular weight excluding hydrogens is 452 g/mol. The SMILES string of the molecule is CCN(CC)S(=O)(=O)c1ccc(N2CCCC2)c(C(=O)NC2CCCN(S(C)(=O)=O)C2)c1. The molecule has 0 bridgehead atoms. The summed E-state index contributed by atoms with van der Waals surface area (Å²) in [5, 5.41) is 2.96. The zero-order valence-corrected chi connectivity index (χ0v) is 20.7. The van der Waals surface area contributed by atoms with Crippen LogP contribution in [0.2, 0.25) is 0 Å². The average Bonchev–Trinajstić information content (AvgIpc) is 3.28. The molecule has 2 fully saturated rings. The molecule has 180 valence electrons. The smallest absolute Gasteiger partial charge is 0.253 e. The van der Waals surface area contributed by atoms with Crippen LogP contribution in [0.4, 0.5) is 5.69 Å². The van der Waals surface area contributed by atoms with Gasteiger partial charge >= 0.3 is 0 Å². The normalized spacial score (nSPS) is 20.6. The van der Waals surface area contributed by atoms with Gasteiger partial charge in [0.15, 0.2) is 0 Å². The molecule has 0 radical (unpaired) electrons. The first-order valence-electron chi connectivity index (χ1n) is 11.2. The van der Waals surface area contributed by atoms with Gasteiger partial charge in [-0.2, -0.15) is 4.31 Å². The Morgan fingerprint density at radius 1 is 1.06 bits per heavy atom. The Bertz CT molecular complexity index is 1030. The van der Waals surface area contributed by atoms with Crippen LogP contribution in [0.15, 0.2) is 23.1 Å². The largest absolute Gasteiger partial charge is 0.371 e. The van der Waals surface area contributed by atoms with Crippen LogP contribution in [0.25, 0.3) is 0 Å². The van der Waals surface area contributed by atoms with Crippen LogP contribution in [-0.4, -0.2) is 82.9 Å². The van der Waals surface area contributed by atoms with Crippen LogP contribution in [-0.2, 0) is 20.0 Å². The van der Waals surface area contributed by atoms with Crippen LogP contribution < -0.4 is 10.2 Å². The zero-order valence-electron chi connectivity index (χ0n) is 19.1. The highest BCUT2D eigenvalue weighted by Crippen LogP contribution is 2.29. The second kappa shape index (κ2) is 10.1. The van der Waals surface area contributed by atoms with Gasteiger partial charge in [-0.25, -0.2) is 21.1 Å². The number of anilines is 1. The molecule has 1 unspecified atom stereocenters. The van der Waals surface area contributed by atoms with Crippen molar-refractivity contribution in [3.63, 3.8) is 0 Å². The monoisotopic (exact) mass is 486 g/mol. The Labute approximate surface area is 191 Å². The van der Waals surface area contributed by atoms with E-state index in [9.17, 15) is 21.6 Å². The summed E-state index contributed by atoms with van der Waals surface area (Å²) >= 11 is 0. The second-order valence-electron chi connectivity index (χ2n) is 8.40. The van der Waals surface area contributed by atoms with Gasteiger partial charge in [0.05, 0.1) is 16.7 Å². The maximum Gasteiger partial charge on any atom is 0.253 e. The second-order valence-corrected chi connectivity index (χ2v) is 12.3. The molecular formula is C21H34N4O5S2. The minimum Gasteiger partial charge on any atom is -0.371 e. The van der Waals surface area contributed by atoms with Crippen molar-refractivity contribution in [3.05, 3.63) is 23.8 Å². The van der Waals surface area contributed by atoms with Crippen molar-refractivity contribution < 1.29 is 21.6 Å². The number of nitrogens with zero attached hydrogens (tertiary/aromatic N) is 3. The van der Waals surface area contributed by atoms with Gasteiger partial charge in [-0.1, -0.05) is 13.8 Å². The van der Waals surface area contributed by atoms with Gasteiger partial charge in [0, 0.05) is 51.0 Å². The molecule has 1 aromatic rings. The third-order valence-corrected chi connectivity index (χ3v) is 9.51.